The van der Waals surface area contributed by atoms with Crippen molar-refractivity contribution in [2.24, 2.45) is 0 Å². The Hall–Kier alpha value is -0.990. The van der Waals surface area contributed by atoms with Gasteiger partial charge in [-0.1, -0.05) is 6.58 Å². The molecule has 0 unspecified atom stereocenters. The molecule has 0 aromatic carbocycles. The molecule has 0 spiro atoms. The van der Waals surface area contributed by atoms with Gasteiger partial charge in [-0.05, 0) is 13.8 Å². The minimum absolute atomic E-state index is 0.0602. The standard InChI is InChI=1S/C8H14N2O/c1-6(2)10-5-7(3)9(4)8(10)11/h6H,3,5H2,1-2,4H3. The van der Waals surface area contributed by atoms with Crippen LogP contribution in [0.2, 0.25) is 0 Å². The molecule has 1 heterocycles. The number of nitrogens with zero attached hydrogens (tertiary/aromatic N) is 2. The molecule has 1 rings (SSSR count). The number of urea groups is 1. The van der Waals surface area contributed by atoms with Crippen molar-refractivity contribution in [3.05, 3.63) is 12.3 Å². The zero-order valence-corrected chi connectivity index (χ0v) is 7.29. The third kappa shape index (κ3) is 1.23. The smallest absolute Gasteiger partial charge is 0.316 e. The molecule has 0 radical (unpaired) electrons. The molecule has 3 nitrogen and oxygen atoms in total. The molecule has 1 saturated heterocycles. The second-order valence-corrected chi connectivity index (χ2v) is 3.13. The molecule has 2 amide bonds. The Morgan fingerprint density at radius 2 is 2.09 bits per heavy atom. The molecule has 1 aliphatic heterocycles. The number of rotatable bonds is 1. The summed E-state index contributed by atoms with van der Waals surface area (Å²) in [4.78, 5) is 14.7. The van der Waals surface area contributed by atoms with Crippen molar-refractivity contribution < 1.29 is 4.79 Å². The van der Waals surface area contributed by atoms with Gasteiger partial charge in [0.2, 0.25) is 0 Å². The highest BCUT2D eigenvalue weighted by atomic mass is 16.2. The maximum Gasteiger partial charge on any atom is 0.324 e. The van der Waals surface area contributed by atoms with Gasteiger partial charge in [-0.2, -0.15) is 0 Å². The van der Waals surface area contributed by atoms with Gasteiger partial charge >= 0.3 is 6.03 Å². The Morgan fingerprint density at radius 1 is 1.55 bits per heavy atom. The van der Waals surface area contributed by atoms with Gasteiger partial charge < -0.3 is 4.90 Å². The van der Waals surface area contributed by atoms with Crippen LogP contribution in [0.5, 0.6) is 0 Å². The van der Waals surface area contributed by atoms with Gasteiger partial charge in [-0.3, -0.25) is 4.90 Å². The van der Waals surface area contributed by atoms with Crippen LogP contribution in [-0.4, -0.2) is 35.5 Å². The van der Waals surface area contributed by atoms with Crippen LogP contribution in [0.4, 0.5) is 4.79 Å². The fourth-order valence-corrected chi connectivity index (χ4v) is 1.10. The number of carbonyl (C=O) groups is 1. The van der Waals surface area contributed by atoms with Gasteiger partial charge in [0.05, 0.1) is 6.54 Å². The van der Waals surface area contributed by atoms with E-state index in [0.29, 0.717) is 6.54 Å². The molecule has 1 fully saturated rings. The van der Waals surface area contributed by atoms with Crippen molar-refractivity contribution in [2.45, 2.75) is 19.9 Å². The van der Waals surface area contributed by atoms with Crippen LogP contribution in [-0.2, 0) is 0 Å². The van der Waals surface area contributed by atoms with Gasteiger partial charge in [0.25, 0.3) is 0 Å². The van der Waals surface area contributed by atoms with Crippen LogP contribution in [0.1, 0.15) is 13.8 Å². The van der Waals surface area contributed by atoms with Crippen molar-refractivity contribution in [3.8, 4) is 0 Å². The van der Waals surface area contributed by atoms with Gasteiger partial charge in [-0.15, -0.1) is 0 Å². The zero-order valence-electron chi connectivity index (χ0n) is 7.29. The first-order valence-electron chi connectivity index (χ1n) is 3.76. The number of carbonyl (C=O) groups excluding carboxylic acids is 1. The highest BCUT2D eigenvalue weighted by molar-refractivity contribution is 5.79. The molecule has 0 saturated carbocycles. The van der Waals surface area contributed by atoms with Crippen LogP contribution < -0.4 is 0 Å². The molecule has 11 heavy (non-hydrogen) atoms. The minimum atomic E-state index is 0.0602. The normalized spacial score (nSPS) is 18.9. The Morgan fingerprint density at radius 3 is 2.27 bits per heavy atom. The molecule has 3 heteroatoms. The Labute approximate surface area is 67.3 Å². The number of likely N-dealkylation sites (N-methyl/N-ethyl adjacent to an activating group) is 1. The van der Waals surface area contributed by atoms with Gasteiger partial charge in [0.1, 0.15) is 0 Å². The summed E-state index contributed by atoms with van der Waals surface area (Å²) in [6, 6.07) is 0.328. The van der Waals surface area contributed by atoms with E-state index in [4.69, 9.17) is 0 Å². The lowest BCUT2D eigenvalue weighted by atomic mass is 10.3. The summed E-state index contributed by atoms with van der Waals surface area (Å²) < 4.78 is 0. The van der Waals surface area contributed by atoms with Crippen LogP contribution in [0.15, 0.2) is 12.3 Å². The predicted molar refractivity (Wildman–Crippen MR) is 44.1 cm³/mol. The van der Waals surface area contributed by atoms with E-state index in [1.165, 1.54) is 0 Å². The SMILES string of the molecule is C=C1CN(C(C)C)C(=O)N1C. The molecule has 0 aliphatic carbocycles. The third-order valence-corrected chi connectivity index (χ3v) is 1.98. The maximum absolute atomic E-state index is 11.3. The molecular formula is C8H14N2O. The summed E-state index contributed by atoms with van der Waals surface area (Å²) in [6.07, 6.45) is 0. The largest absolute Gasteiger partial charge is 0.324 e. The van der Waals surface area contributed by atoms with Gasteiger partial charge in [0, 0.05) is 18.8 Å². The minimum Gasteiger partial charge on any atom is -0.316 e. The molecule has 62 valence electrons. The van der Waals surface area contributed by atoms with E-state index in [9.17, 15) is 4.79 Å². The fourth-order valence-electron chi connectivity index (χ4n) is 1.10. The van der Waals surface area contributed by atoms with Gasteiger partial charge in [-0.25, -0.2) is 4.79 Å². The highest BCUT2D eigenvalue weighted by Gasteiger charge is 2.29. The van der Waals surface area contributed by atoms with Crippen molar-refractivity contribution >= 4 is 6.03 Å². The lowest BCUT2D eigenvalue weighted by molar-refractivity contribution is 0.189. The van der Waals surface area contributed by atoms with Crippen molar-refractivity contribution in [3.63, 3.8) is 0 Å². The van der Waals surface area contributed by atoms with Gasteiger partial charge in [0.15, 0.2) is 0 Å². The number of hydrogen-bond donors (Lipinski definition) is 0. The van der Waals surface area contributed by atoms with E-state index in [0.717, 1.165) is 5.70 Å². The topological polar surface area (TPSA) is 23.6 Å². The van der Waals surface area contributed by atoms with E-state index in [2.05, 4.69) is 6.58 Å². The molecular weight excluding hydrogens is 140 g/mol. The number of amides is 2. The molecule has 0 N–H and O–H groups in total. The molecule has 0 aromatic rings. The summed E-state index contributed by atoms with van der Waals surface area (Å²) in [5, 5.41) is 0. The first-order valence-corrected chi connectivity index (χ1v) is 3.76. The average Bonchev–Trinajstić information content (AvgIpc) is 2.17. The van der Waals surface area contributed by atoms with Crippen LogP contribution in [0.3, 0.4) is 0 Å². The van der Waals surface area contributed by atoms with E-state index in [-0.39, 0.29) is 12.1 Å². The zero-order chi connectivity index (χ0) is 8.59. The molecule has 0 bridgehead atoms. The Kier molecular flexibility index (Phi) is 1.89. The third-order valence-electron chi connectivity index (χ3n) is 1.98. The van der Waals surface area contributed by atoms with E-state index in [1.54, 1.807) is 16.8 Å². The van der Waals surface area contributed by atoms with E-state index in [1.807, 2.05) is 13.8 Å². The van der Waals surface area contributed by atoms with Crippen molar-refractivity contribution in [1.29, 1.82) is 0 Å². The molecule has 0 aromatic heterocycles. The molecule has 1 aliphatic rings. The van der Waals surface area contributed by atoms with E-state index < -0.39 is 0 Å². The lowest BCUT2D eigenvalue weighted by Crippen LogP contribution is -2.34. The maximum atomic E-state index is 11.3. The highest BCUT2D eigenvalue weighted by Crippen LogP contribution is 2.17. The predicted octanol–water partition coefficient (Wildman–Crippen LogP) is 1.28. The summed E-state index contributed by atoms with van der Waals surface area (Å²) in [6.45, 7) is 8.46. The second kappa shape index (κ2) is 2.57. The summed E-state index contributed by atoms with van der Waals surface area (Å²) >= 11 is 0. The monoisotopic (exact) mass is 154 g/mol. The first-order chi connectivity index (χ1) is 5.04. The second-order valence-electron chi connectivity index (χ2n) is 3.13. The van der Waals surface area contributed by atoms with E-state index >= 15 is 0 Å². The Balaban J connectivity index is 2.75. The fraction of sp³-hybridized carbons (Fsp3) is 0.625. The number of hydrogen-bond acceptors (Lipinski definition) is 1. The average molecular weight is 154 g/mol. The summed E-state index contributed by atoms with van der Waals surface area (Å²) in [5.74, 6) is 0. The van der Waals surface area contributed by atoms with Crippen LogP contribution in [0, 0.1) is 0 Å². The quantitative estimate of drug-likeness (QED) is 0.558. The first kappa shape index (κ1) is 8.11. The summed E-state index contributed by atoms with van der Waals surface area (Å²) in [7, 11) is 1.76. The Bertz CT molecular complexity index is 198. The van der Waals surface area contributed by atoms with Crippen LogP contribution >= 0.6 is 0 Å². The van der Waals surface area contributed by atoms with Crippen LogP contribution in [0.25, 0.3) is 0 Å². The molecule has 0 atom stereocenters. The van der Waals surface area contributed by atoms with Crippen molar-refractivity contribution in [1.82, 2.24) is 9.80 Å². The lowest BCUT2D eigenvalue weighted by Gasteiger charge is -2.18. The van der Waals surface area contributed by atoms with Crippen molar-refractivity contribution in [2.75, 3.05) is 13.6 Å². The summed E-state index contributed by atoms with van der Waals surface area (Å²) in [5.41, 5.74) is 0.878.